The summed E-state index contributed by atoms with van der Waals surface area (Å²) in [4.78, 5) is 18.0. The number of hydrogen-bond donors (Lipinski definition) is 0. The Bertz CT molecular complexity index is 1170. The molecule has 0 aliphatic heterocycles. The Labute approximate surface area is 295 Å². The number of aromatic nitrogens is 2. The van der Waals surface area contributed by atoms with E-state index in [2.05, 4.69) is 61.9 Å². The van der Waals surface area contributed by atoms with Crippen molar-refractivity contribution in [2.45, 2.75) is 27.7 Å². The summed E-state index contributed by atoms with van der Waals surface area (Å²) < 4.78 is 0. The summed E-state index contributed by atoms with van der Waals surface area (Å²) in [5.41, 5.74) is 10.6. The zero-order valence-corrected chi connectivity index (χ0v) is 31.1. The van der Waals surface area contributed by atoms with Crippen LogP contribution in [0.4, 0.5) is 11.4 Å². The van der Waals surface area contributed by atoms with Gasteiger partial charge in [-0.2, -0.15) is 0 Å². The van der Waals surface area contributed by atoms with Gasteiger partial charge in [-0.25, -0.2) is 0 Å². The van der Waals surface area contributed by atoms with Gasteiger partial charge in [0.2, 0.25) is 0 Å². The van der Waals surface area contributed by atoms with Crippen LogP contribution in [0.3, 0.4) is 0 Å². The van der Waals surface area contributed by atoms with E-state index in [4.69, 9.17) is 9.98 Å². The standard InChI is InChI=1S/C28H26N4.4BrH.2Pd/c1-19-13-23(14-20(2)27(19)31-17-25-9-5-7-11-29-25)24-15-21(3)28(22(4)16-24)32-18-26-10-6-8-12-30-26;;;;;;/h5-18H,1-4H3;4*1H;;. The van der Waals surface area contributed by atoms with Crippen LogP contribution < -0.4 is 0 Å². The second kappa shape index (κ2) is 20.2. The topological polar surface area (TPSA) is 50.5 Å². The average molecular weight is 955 g/mol. The minimum Gasteiger partial charge on any atom is -0.255 e. The molecule has 0 bridgehead atoms. The summed E-state index contributed by atoms with van der Waals surface area (Å²) >= 11 is 0. The minimum atomic E-state index is 0. The van der Waals surface area contributed by atoms with E-state index in [9.17, 15) is 0 Å². The molecule has 0 fully saturated rings. The summed E-state index contributed by atoms with van der Waals surface area (Å²) in [5, 5.41) is 0. The van der Waals surface area contributed by atoms with Crippen LogP contribution in [0.2, 0.25) is 0 Å². The molecule has 0 aliphatic carbocycles. The number of nitrogens with zero attached hydrogens (tertiary/aromatic N) is 4. The molecule has 10 heteroatoms. The number of halogens is 4. The van der Waals surface area contributed by atoms with E-state index in [0.29, 0.717) is 0 Å². The van der Waals surface area contributed by atoms with Crippen LogP contribution in [0.1, 0.15) is 33.6 Å². The van der Waals surface area contributed by atoms with Crippen LogP contribution >= 0.6 is 67.9 Å². The monoisotopic (exact) mass is 950 g/mol. The predicted octanol–water partition coefficient (Wildman–Crippen LogP) is 9.19. The quantitative estimate of drug-likeness (QED) is 0.148. The van der Waals surface area contributed by atoms with Crippen LogP contribution in [-0.2, 0) is 40.8 Å². The fourth-order valence-corrected chi connectivity index (χ4v) is 3.82. The first-order valence-electron chi connectivity index (χ1n) is 10.6. The molecule has 0 saturated heterocycles. The van der Waals surface area contributed by atoms with Crippen molar-refractivity contribution in [2.75, 3.05) is 0 Å². The van der Waals surface area contributed by atoms with Gasteiger partial charge in [0.15, 0.2) is 0 Å². The Morgan fingerprint density at radius 2 is 0.842 bits per heavy atom. The Hall–Kier alpha value is -0.675. The summed E-state index contributed by atoms with van der Waals surface area (Å²) in [5.74, 6) is 0. The number of hydrogen-bond acceptors (Lipinski definition) is 4. The number of aliphatic imine (C=N–C) groups is 2. The Balaban J connectivity index is -0.00000204. The fraction of sp³-hybridized carbons (Fsp3) is 0.143. The third-order valence-corrected chi connectivity index (χ3v) is 5.34. The molecule has 0 saturated carbocycles. The zero-order chi connectivity index (χ0) is 22.5. The van der Waals surface area contributed by atoms with Crippen molar-refractivity contribution in [3.8, 4) is 11.1 Å². The summed E-state index contributed by atoms with van der Waals surface area (Å²) in [6.45, 7) is 8.42. The normalized spacial score (nSPS) is 9.68. The third kappa shape index (κ3) is 11.1. The van der Waals surface area contributed by atoms with Gasteiger partial charge in [-0.3, -0.25) is 20.0 Å². The average Bonchev–Trinajstić information content (AvgIpc) is 2.79. The number of rotatable bonds is 5. The molecule has 2 aromatic heterocycles. The van der Waals surface area contributed by atoms with Crippen molar-refractivity contribution in [3.05, 3.63) is 107 Å². The van der Waals surface area contributed by atoms with Crippen LogP contribution in [0, 0.1) is 27.7 Å². The van der Waals surface area contributed by atoms with Crippen molar-refractivity contribution in [2.24, 2.45) is 9.98 Å². The van der Waals surface area contributed by atoms with E-state index in [1.165, 1.54) is 11.1 Å². The van der Waals surface area contributed by atoms with Crippen molar-refractivity contribution < 1.29 is 40.8 Å². The molecule has 2 aromatic carbocycles. The van der Waals surface area contributed by atoms with Gasteiger partial charge in [-0.05, 0) is 110 Å². The van der Waals surface area contributed by atoms with Crippen molar-refractivity contribution in [1.82, 2.24) is 9.97 Å². The van der Waals surface area contributed by atoms with E-state index in [1.807, 2.05) is 48.8 Å². The van der Waals surface area contributed by atoms with Gasteiger partial charge in [-0.15, -0.1) is 67.9 Å². The van der Waals surface area contributed by atoms with Crippen LogP contribution in [0.25, 0.3) is 11.1 Å². The second-order valence-electron chi connectivity index (χ2n) is 7.94. The molecule has 0 unspecified atom stereocenters. The number of pyridine rings is 2. The second-order valence-corrected chi connectivity index (χ2v) is 7.94. The van der Waals surface area contributed by atoms with Gasteiger partial charge in [0.1, 0.15) is 0 Å². The van der Waals surface area contributed by atoms with E-state index >= 15 is 0 Å². The first kappa shape index (κ1) is 41.8. The minimum absolute atomic E-state index is 0. The van der Waals surface area contributed by atoms with Gasteiger partial charge >= 0.3 is 0 Å². The largest absolute Gasteiger partial charge is 0.255 e. The molecule has 0 amide bonds. The molecular weight excluding hydrogens is 925 g/mol. The molecule has 4 aromatic rings. The van der Waals surface area contributed by atoms with E-state index < -0.39 is 0 Å². The molecule has 0 atom stereocenters. The summed E-state index contributed by atoms with van der Waals surface area (Å²) in [6, 6.07) is 20.4. The van der Waals surface area contributed by atoms with Crippen LogP contribution in [-0.4, -0.2) is 22.4 Å². The molecular formula is C28H30Br4N4Pd2. The maximum absolute atomic E-state index is 4.70. The predicted molar refractivity (Wildman–Crippen MR) is 175 cm³/mol. The summed E-state index contributed by atoms with van der Waals surface area (Å²) in [7, 11) is 0. The molecule has 0 spiro atoms. The molecule has 2 heterocycles. The molecule has 0 N–H and O–H groups in total. The Morgan fingerprint density at radius 3 is 1.11 bits per heavy atom. The van der Waals surface area contributed by atoms with Crippen LogP contribution in [0.15, 0.2) is 83.0 Å². The van der Waals surface area contributed by atoms with Crippen molar-refractivity contribution in [3.63, 3.8) is 0 Å². The number of benzene rings is 2. The van der Waals surface area contributed by atoms with Gasteiger partial charge in [0.25, 0.3) is 0 Å². The van der Waals surface area contributed by atoms with Gasteiger partial charge in [-0.1, -0.05) is 12.1 Å². The van der Waals surface area contributed by atoms with Gasteiger partial charge < -0.3 is 0 Å². The Morgan fingerprint density at radius 1 is 0.526 bits per heavy atom. The Kier molecular flexibility index (Phi) is 22.3. The third-order valence-electron chi connectivity index (χ3n) is 5.34. The maximum Gasteiger partial charge on any atom is 0.0812 e. The zero-order valence-electron chi connectivity index (χ0n) is 21.1. The molecule has 38 heavy (non-hydrogen) atoms. The molecule has 0 aliphatic rings. The first-order chi connectivity index (χ1) is 15.5. The maximum atomic E-state index is 4.70. The molecule has 4 rings (SSSR count). The molecule has 4 nitrogen and oxygen atoms in total. The first-order valence-corrected chi connectivity index (χ1v) is 10.6. The number of aryl methyl sites for hydroxylation is 4. The smallest absolute Gasteiger partial charge is 0.0812 e. The van der Waals surface area contributed by atoms with Gasteiger partial charge in [0.05, 0.1) is 35.2 Å². The van der Waals surface area contributed by atoms with E-state index in [0.717, 1.165) is 45.0 Å². The van der Waals surface area contributed by atoms with Gasteiger partial charge in [0, 0.05) is 53.2 Å². The van der Waals surface area contributed by atoms with E-state index in [-0.39, 0.29) is 109 Å². The fourth-order valence-electron chi connectivity index (χ4n) is 3.82. The van der Waals surface area contributed by atoms with Crippen molar-refractivity contribution >= 4 is 91.7 Å². The SMILES string of the molecule is Br.Br.Br.Br.Cc1cc(-c2cc(C)c(N=Cc3ccccn3)c(C)c2)cc(C)c1N=Cc1ccccn1.[Pd].[Pd]. The molecule has 0 radical (unpaired) electrons. The molecule has 210 valence electrons. The van der Waals surface area contributed by atoms with Crippen molar-refractivity contribution in [1.29, 1.82) is 0 Å². The van der Waals surface area contributed by atoms with Crippen LogP contribution in [0.5, 0.6) is 0 Å². The van der Waals surface area contributed by atoms with E-state index in [1.54, 1.807) is 12.4 Å². The summed E-state index contributed by atoms with van der Waals surface area (Å²) in [6.07, 6.45) is 7.19.